The van der Waals surface area contributed by atoms with Crippen LogP contribution in [0.4, 0.5) is 10.1 Å². The minimum absolute atomic E-state index is 0.288. The third kappa shape index (κ3) is 4.30. The fourth-order valence-corrected chi connectivity index (χ4v) is 2.30. The van der Waals surface area contributed by atoms with Crippen LogP contribution < -0.4 is 5.32 Å². The van der Waals surface area contributed by atoms with Gasteiger partial charge in [-0.1, -0.05) is 30.3 Å². The van der Waals surface area contributed by atoms with Gasteiger partial charge in [0.15, 0.2) is 0 Å². The first-order valence-corrected chi connectivity index (χ1v) is 7.86. The molecule has 0 aliphatic heterocycles. The van der Waals surface area contributed by atoms with Crippen LogP contribution in [0.2, 0.25) is 0 Å². The number of carbonyl (C=O) groups is 2. The minimum Gasteiger partial charge on any atom is -0.444 e. The van der Waals surface area contributed by atoms with Gasteiger partial charge in [0, 0.05) is 23.6 Å². The van der Waals surface area contributed by atoms with E-state index in [0.29, 0.717) is 11.3 Å². The number of benzene rings is 2. The Labute approximate surface area is 149 Å². The quantitative estimate of drug-likeness (QED) is 0.712. The first-order valence-electron chi connectivity index (χ1n) is 7.86. The van der Waals surface area contributed by atoms with Gasteiger partial charge in [-0.15, -0.1) is 0 Å². The normalized spacial score (nSPS) is 11.4. The number of hydrogen-bond donors (Lipinski definition) is 1. The molecule has 130 valence electrons. The standard InChI is InChI=1S/C20H15FN2O3/c21-16-6-8-17(9-7-16)23-19(24)18(14-4-2-1-3-5-14)26-20(25)15-10-12-22-13-11-15/h1-13,18H,(H,23,24)/t18-/m1/s1. The van der Waals surface area contributed by atoms with E-state index in [4.69, 9.17) is 4.74 Å². The average Bonchev–Trinajstić information content (AvgIpc) is 2.69. The molecule has 1 atom stereocenters. The Hall–Kier alpha value is -3.54. The first kappa shape index (κ1) is 17.3. The maximum atomic E-state index is 13.0. The number of ether oxygens (including phenoxy) is 1. The summed E-state index contributed by atoms with van der Waals surface area (Å²) in [6.45, 7) is 0. The van der Waals surface area contributed by atoms with Gasteiger partial charge in [-0.2, -0.15) is 0 Å². The third-order valence-corrected chi connectivity index (χ3v) is 3.59. The summed E-state index contributed by atoms with van der Waals surface area (Å²) in [4.78, 5) is 28.9. The molecule has 0 saturated carbocycles. The highest BCUT2D eigenvalue weighted by Gasteiger charge is 2.25. The number of halogens is 1. The van der Waals surface area contributed by atoms with Crippen LogP contribution in [0, 0.1) is 5.82 Å². The van der Waals surface area contributed by atoms with Gasteiger partial charge in [-0.3, -0.25) is 9.78 Å². The molecule has 3 aromatic rings. The van der Waals surface area contributed by atoms with Crippen molar-refractivity contribution in [1.29, 1.82) is 0 Å². The second-order valence-electron chi connectivity index (χ2n) is 5.43. The van der Waals surface area contributed by atoms with Crippen LogP contribution in [0.15, 0.2) is 79.1 Å². The predicted octanol–water partition coefficient (Wildman–Crippen LogP) is 3.76. The lowest BCUT2D eigenvalue weighted by Gasteiger charge is -2.18. The molecule has 0 bridgehead atoms. The van der Waals surface area contributed by atoms with Crippen molar-refractivity contribution in [2.45, 2.75) is 6.10 Å². The van der Waals surface area contributed by atoms with E-state index in [-0.39, 0.29) is 5.56 Å². The summed E-state index contributed by atoms with van der Waals surface area (Å²) in [5, 5.41) is 2.63. The Bertz CT molecular complexity index is 884. The summed E-state index contributed by atoms with van der Waals surface area (Å²) < 4.78 is 18.4. The number of pyridine rings is 1. The number of hydrogen-bond acceptors (Lipinski definition) is 4. The van der Waals surface area contributed by atoms with E-state index < -0.39 is 23.8 Å². The van der Waals surface area contributed by atoms with Crippen molar-refractivity contribution in [3.8, 4) is 0 Å². The molecule has 1 amide bonds. The van der Waals surface area contributed by atoms with E-state index in [0.717, 1.165) is 0 Å². The van der Waals surface area contributed by atoms with E-state index in [1.807, 2.05) is 0 Å². The van der Waals surface area contributed by atoms with Crippen LogP contribution in [-0.2, 0) is 9.53 Å². The summed E-state index contributed by atoms with van der Waals surface area (Å²) in [7, 11) is 0. The summed E-state index contributed by atoms with van der Waals surface area (Å²) in [6.07, 6.45) is 1.78. The second kappa shape index (κ2) is 8.02. The smallest absolute Gasteiger partial charge is 0.339 e. The van der Waals surface area contributed by atoms with Crippen LogP contribution >= 0.6 is 0 Å². The molecule has 1 heterocycles. The first-order chi connectivity index (χ1) is 12.6. The maximum Gasteiger partial charge on any atom is 0.339 e. The molecule has 0 fully saturated rings. The molecule has 6 heteroatoms. The highest BCUT2D eigenvalue weighted by atomic mass is 19.1. The molecule has 0 spiro atoms. The van der Waals surface area contributed by atoms with Gasteiger partial charge in [-0.25, -0.2) is 9.18 Å². The Morgan fingerprint density at radius 2 is 1.58 bits per heavy atom. The Kier molecular flexibility index (Phi) is 5.34. The molecule has 26 heavy (non-hydrogen) atoms. The van der Waals surface area contributed by atoms with E-state index >= 15 is 0 Å². The Balaban J connectivity index is 1.82. The minimum atomic E-state index is -1.15. The van der Waals surface area contributed by atoms with Gasteiger partial charge >= 0.3 is 5.97 Å². The monoisotopic (exact) mass is 350 g/mol. The molecule has 1 aromatic heterocycles. The van der Waals surface area contributed by atoms with Crippen LogP contribution in [-0.4, -0.2) is 16.9 Å². The molecule has 2 aromatic carbocycles. The highest BCUT2D eigenvalue weighted by Crippen LogP contribution is 2.21. The second-order valence-corrected chi connectivity index (χ2v) is 5.43. The number of rotatable bonds is 5. The zero-order valence-electron chi connectivity index (χ0n) is 13.6. The summed E-state index contributed by atoms with van der Waals surface area (Å²) in [5.74, 6) is -1.59. The number of esters is 1. The van der Waals surface area contributed by atoms with Crippen molar-refractivity contribution in [1.82, 2.24) is 4.98 Å². The predicted molar refractivity (Wildman–Crippen MR) is 93.9 cm³/mol. The zero-order valence-corrected chi connectivity index (χ0v) is 13.6. The Morgan fingerprint density at radius 1 is 0.923 bits per heavy atom. The van der Waals surface area contributed by atoms with Crippen LogP contribution in [0.25, 0.3) is 0 Å². The third-order valence-electron chi connectivity index (χ3n) is 3.59. The van der Waals surface area contributed by atoms with Crippen molar-refractivity contribution >= 4 is 17.6 Å². The fraction of sp³-hybridized carbons (Fsp3) is 0.0500. The number of amides is 1. The molecule has 0 radical (unpaired) electrons. The number of carbonyl (C=O) groups excluding carboxylic acids is 2. The largest absolute Gasteiger partial charge is 0.444 e. The highest BCUT2D eigenvalue weighted by molar-refractivity contribution is 5.98. The number of anilines is 1. The van der Waals surface area contributed by atoms with Gasteiger partial charge in [0.05, 0.1) is 5.56 Å². The van der Waals surface area contributed by atoms with Gasteiger partial charge in [0.2, 0.25) is 6.10 Å². The molecular weight excluding hydrogens is 335 g/mol. The van der Waals surface area contributed by atoms with Crippen molar-refractivity contribution in [3.05, 3.63) is 96.1 Å². The number of nitrogens with zero attached hydrogens (tertiary/aromatic N) is 1. The molecule has 0 saturated heterocycles. The van der Waals surface area contributed by atoms with Gasteiger partial charge in [0.25, 0.3) is 5.91 Å². The van der Waals surface area contributed by atoms with Gasteiger partial charge < -0.3 is 10.1 Å². The molecule has 3 rings (SSSR count). The van der Waals surface area contributed by atoms with E-state index in [9.17, 15) is 14.0 Å². The van der Waals surface area contributed by atoms with Crippen molar-refractivity contribution in [2.24, 2.45) is 0 Å². The van der Waals surface area contributed by atoms with E-state index in [1.54, 1.807) is 30.3 Å². The average molecular weight is 350 g/mol. The van der Waals surface area contributed by atoms with Crippen molar-refractivity contribution in [3.63, 3.8) is 0 Å². The molecule has 0 aliphatic carbocycles. The lowest BCUT2D eigenvalue weighted by Crippen LogP contribution is -2.26. The number of nitrogens with one attached hydrogen (secondary N) is 1. The van der Waals surface area contributed by atoms with E-state index in [1.165, 1.54) is 48.8 Å². The van der Waals surface area contributed by atoms with Crippen LogP contribution in [0.5, 0.6) is 0 Å². The topological polar surface area (TPSA) is 68.3 Å². The van der Waals surface area contributed by atoms with Crippen LogP contribution in [0.3, 0.4) is 0 Å². The SMILES string of the molecule is O=C(O[C@@H](C(=O)Nc1ccc(F)cc1)c1ccccc1)c1ccncc1. The lowest BCUT2D eigenvalue weighted by atomic mass is 10.1. The summed E-state index contributed by atoms with van der Waals surface area (Å²) in [6, 6.07) is 17.0. The maximum absolute atomic E-state index is 13.0. The molecular formula is C20H15FN2O3. The summed E-state index contributed by atoms with van der Waals surface area (Å²) in [5.41, 5.74) is 1.21. The van der Waals surface area contributed by atoms with E-state index in [2.05, 4.69) is 10.3 Å². The van der Waals surface area contributed by atoms with Crippen molar-refractivity contribution in [2.75, 3.05) is 5.32 Å². The molecule has 5 nitrogen and oxygen atoms in total. The molecule has 0 aliphatic rings. The van der Waals surface area contributed by atoms with Crippen LogP contribution in [0.1, 0.15) is 22.0 Å². The molecule has 0 unspecified atom stereocenters. The van der Waals surface area contributed by atoms with Crippen molar-refractivity contribution < 1.29 is 18.7 Å². The van der Waals surface area contributed by atoms with Gasteiger partial charge in [-0.05, 0) is 36.4 Å². The summed E-state index contributed by atoms with van der Waals surface area (Å²) >= 11 is 0. The Morgan fingerprint density at radius 3 is 2.23 bits per heavy atom. The zero-order chi connectivity index (χ0) is 18.4. The lowest BCUT2D eigenvalue weighted by molar-refractivity contribution is -0.125. The fourth-order valence-electron chi connectivity index (χ4n) is 2.30. The number of aromatic nitrogens is 1. The van der Waals surface area contributed by atoms with Gasteiger partial charge in [0.1, 0.15) is 5.82 Å². The molecule has 1 N–H and O–H groups in total.